The van der Waals surface area contributed by atoms with Crippen molar-refractivity contribution in [3.63, 3.8) is 0 Å². The average Bonchev–Trinajstić information content (AvgIpc) is 3.45. The summed E-state index contributed by atoms with van der Waals surface area (Å²) in [5.74, 6) is 0. The van der Waals surface area contributed by atoms with Gasteiger partial charge >= 0.3 is 0 Å². The maximum Gasteiger partial charge on any atom is 0.101 e. The molecule has 46 heavy (non-hydrogen) atoms. The zero-order chi connectivity index (χ0) is 33.0. The summed E-state index contributed by atoms with van der Waals surface area (Å²) in [6.07, 6.45) is 57.4. The van der Waals surface area contributed by atoms with Crippen molar-refractivity contribution >= 4 is 0 Å². The molecule has 0 bridgehead atoms. The Morgan fingerprint density at radius 2 is 0.500 bits per heavy atom. The molecule has 0 amide bonds. The summed E-state index contributed by atoms with van der Waals surface area (Å²) in [4.78, 5) is 5.44. The second kappa shape index (κ2) is 35.6. The van der Waals surface area contributed by atoms with Crippen LogP contribution in [0.1, 0.15) is 252 Å². The highest BCUT2D eigenvalue weighted by atomic mass is 15.4. The predicted octanol–water partition coefficient (Wildman–Crippen LogP) is 15.5. The highest BCUT2D eigenvalue weighted by Gasteiger charge is 2.24. The molecule has 2 heteroatoms. The summed E-state index contributed by atoms with van der Waals surface area (Å²) in [5.41, 5.74) is 0. The van der Waals surface area contributed by atoms with Crippen molar-refractivity contribution in [3.8, 4) is 0 Å². The van der Waals surface area contributed by atoms with Gasteiger partial charge < -0.3 is 9.80 Å². The van der Waals surface area contributed by atoms with Crippen LogP contribution in [-0.4, -0.2) is 29.1 Å². The predicted molar refractivity (Wildman–Crippen MR) is 210 cm³/mol. The largest absolute Gasteiger partial charge is 0.356 e. The van der Waals surface area contributed by atoms with E-state index in [9.17, 15) is 0 Å². The van der Waals surface area contributed by atoms with Gasteiger partial charge in [0.05, 0.1) is 0 Å². The molecule has 0 radical (unpaired) electrons. The molecule has 1 rings (SSSR count). The minimum atomic E-state index is 0.639. The second-order valence-corrected chi connectivity index (χ2v) is 15.4. The van der Waals surface area contributed by atoms with Crippen LogP contribution in [0.3, 0.4) is 0 Å². The lowest BCUT2D eigenvalue weighted by atomic mass is 10.0. The van der Waals surface area contributed by atoms with E-state index in [4.69, 9.17) is 0 Å². The van der Waals surface area contributed by atoms with Crippen molar-refractivity contribution in [2.45, 2.75) is 258 Å². The molecule has 0 aromatic rings. The van der Waals surface area contributed by atoms with Crippen molar-refractivity contribution in [1.29, 1.82) is 0 Å². The molecule has 1 atom stereocenters. The molecule has 1 unspecified atom stereocenters. The van der Waals surface area contributed by atoms with Gasteiger partial charge in [-0.3, -0.25) is 0 Å². The molecule has 0 aliphatic carbocycles. The molecule has 0 spiro atoms. The number of hydrogen-bond donors (Lipinski definition) is 0. The van der Waals surface area contributed by atoms with E-state index in [0.717, 1.165) is 0 Å². The molecular formula is C44H88N2. The zero-order valence-electron chi connectivity index (χ0n) is 32.5. The van der Waals surface area contributed by atoms with Gasteiger partial charge in [-0.2, -0.15) is 0 Å². The number of rotatable bonds is 38. The van der Waals surface area contributed by atoms with Crippen molar-refractivity contribution in [2.75, 3.05) is 13.1 Å². The zero-order valence-corrected chi connectivity index (χ0v) is 32.5. The number of unbranched alkanes of at least 4 members (excludes halogenated alkanes) is 32. The monoisotopic (exact) mass is 645 g/mol. The molecule has 0 saturated carbocycles. The van der Waals surface area contributed by atoms with Crippen molar-refractivity contribution < 1.29 is 0 Å². The fraction of sp³-hybridized carbons (Fsp3) is 0.955. The summed E-state index contributed by atoms with van der Waals surface area (Å²) in [7, 11) is 0. The van der Waals surface area contributed by atoms with Gasteiger partial charge in [-0.05, 0) is 25.7 Å². The maximum atomic E-state index is 2.72. The third kappa shape index (κ3) is 27.3. The Hall–Kier alpha value is -0.660. The van der Waals surface area contributed by atoms with Crippen LogP contribution in [0, 0.1) is 0 Å². The molecule has 1 aliphatic rings. The highest BCUT2D eigenvalue weighted by Crippen LogP contribution is 2.24. The van der Waals surface area contributed by atoms with Gasteiger partial charge in [0, 0.05) is 25.5 Å². The lowest BCUT2D eigenvalue weighted by molar-refractivity contribution is 0.135. The molecule has 0 N–H and O–H groups in total. The van der Waals surface area contributed by atoms with Crippen LogP contribution in [0.15, 0.2) is 12.4 Å². The summed E-state index contributed by atoms with van der Waals surface area (Å²) < 4.78 is 0. The van der Waals surface area contributed by atoms with Gasteiger partial charge in [-0.1, -0.05) is 226 Å². The van der Waals surface area contributed by atoms with E-state index in [-0.39, 0.29) is 0 Å². The Morgan fingerprint density at radius 3 is 0.761 bits per heavy atom. The first-order chi connectivity index (χ1) is 22.8. The fourth-order valence-electron chi connectivity index (χ4n) is 7.60. The van der Waals surface area contributed by atoms with Crippen molar-refractivity contribution in [1.82, 2.24) is 9.80 Å². The van der Waals surface area contributed by atoms with Crippen LogP contribution < -0.4 is 0 Å². The Kier molecular flexibility index (Phi) is 33.6. The van der Waals surface area contributed by atoms with Gasteiger partial charge in [0.1, 0.15) is 6.17 Å². The van der Waals surface area contributed by atoms with Gasteiger partial charge in [-0.25, -0.2) is 0 Å². The van der Waals surface area contributed by atoms with Crippen LogP contribution in [0.25, 0.3) is 0 Å². The van der Waals surface area contributed by atoms with Gasteiger partial charge in [0.2, 0.25) is 0 Å². The Morgan fingerprint density at radius 1 is 0.283 bits per heavy atom. The number of hydrogen-bond acceptors (Lipinski definition) is 2. The minimum absolute atomic E-state index is 0.639. The third-order valence-electron chi connectivity index (χ3n) is 10.8. The first kappa shape index (κ1) is 43.4. The standard InChI is InChI=1S/C44H88N2/c1-4-7-10-13-16-18-20-22-23-24-25-26-27-29-31-33-36-39-44-45(40-37-34-15-12-9-6-3)42-43-46(44)41-38-35-32-30-28-21-19-17-14-11-8-5-2/h42-44H,4-41H2,1-3H3. The smallest absolute Gasteiger partial charge is 0.101 e. The normalized spacial score (nSPS) is 14.7. The number of nitrogens with zero attached hydrogens (tertiary/aromatic N) is 2. The Bertz CT molecular complexity index is 601. The van der Waals surface area contributed by atoms with E-state index < -0.39 is 0 Å². The average molecular weight is 645 g/mol. The lowest BCUT2D eigenvalue weighted by Gasteiger charge is -2.33. The molecule has 0 aromatic carbocycles. The third-order valence-corrected chi connectivity index (χ3v) is 10.8. The van der Waals surface area contributed by atoms with E-state index >= 15 is 0 Å². The molecule has 0 aromatic heterocycles. The molecule has 0 saturated heterocycles. The van der Waals surface area contributed by atoms with Gasteiger partial charge in [0.15, 0.2) is 0 Å². The van der Waals surface area contributed by atoms with E-state index in [2.05, 4.69) is 43.0 Å². The van der Waals surface area contributed by atoms with Crippen LogP contribution in [0.5, 0.6) is 0 Å². The van der Waals surface area contributed by atoms with Crippen LogP contribution in [0.4, 0.5) is 0 Å². The molecule has 0 fully saturated rings. The summed E-state index contributed by atoms with van der Waals surface area (Å²) in [6.45, 7) is 9.48. The van der Waals surface area contributed by atoms with Crippen molar-refractivity contribution in [3.05, 3.63) is 12.4 Å². The van der Waals surface area contributed by atoms with E-state index in [1.165, 1.54) is 244 Å². The Balaban J connectivity index is 2.13. The molecule has 2 nitrogen and oxygen atoms in total. The first-order valence-corrected chi connectivity index (χ1v) is 22.0. The summed E-state index contributed by atoms with van der Waals surface area (Å²) in [6, 6.07) is 0. The summed E-state index contributed by atoms with van der Waals surface area (Å²) in [5, 5.41) is 0. The van der Waals surface area contributed by atoms with Crippen LogP contribution >= 0.6 is 0 Å². The highest BCUT2D eigenvalue weighted by molar-refractivity contribution is 4.97. The van der Waals surface area contributed by atoms with Crippen LogP contribution in [0.2, 0.25) is 0 Å². The van der Waals surface area contributed by atoms with Crippen molar-refractivity contribution in [2.24, 2.45) is 0 Å². The topological polar surface area (TPSA) is 6.48 Å². The second-order valence-electron chi connectivity index (χ2n) is 15.4. The maximum absolute atomic E-state index is 2.72. The van der Waals surface area contributed by atoms with Crippen LogP contribution in [-0.2, 0) is 0 Å². The molecular weight excluding hydrogens is 556 g/mol. The lowest BCUT2D eigenvalue weighted by Crippen LogP contribution is -2.39. The first-order valence-electron chi connectivity index (χ1n) is 22.0. The molecule has 1 aliphatic heterocycles. The van der Waals surface area contributed by atoms with E-state index in [1.807, 2.05) is 0 Å². The Labute approximate surface area is 292 Å². The van der Waals surface area contributed by atoms with Gasteiger partial charge in [-0.15, -0.1) is 0 Å². The quantitative estimate of drug-likeness (QED) is 0.0617. The van der Waals surface area contributed by atoms with Gasteiger partial charge in [0.25, 0.3) is 0 Å². The minimum Gasteiger partial charge on any atom is -0.356 e. The fourth-order valence-corrected chi connectivity index (χ4v) is 7.60. The van der Waals surface area contributed by atoms with E-state index in [0.29, 0.717) is 6.17 Å². The van der Waals surface area contributed by atoms with E-state index in [1.54, 1.807) is 0 Å². The SMILES string of the molecule is CCCCCCCCCCCCCCCCCCCC1N(CCCCCCCC)C=CN1CCCCCCCCCCCCCC. The summed E-state index contributed by atoms with van der Waals surface area (Å²) >= 11 is 0. The molecule has 1 heterocycles. The molecule has 274 valence electrons.